The fourth-order valence-corrected chi connectivity index (χ4v) is 5.02. The number of halogens is 1. The second kappa shape index (κ2) is 7.15. The summed E-state index contributed by atoms with van der Waals surface area (Å²) in [4.78, 5) is 16.2. The van der Waals surface area contributed by atoms with Crippen LogP contribution in [0.3, 0.4) is 0 Å². The lowest BCUT2D eigenvalue weighted by molar-refractivity contribution is 0.468. The number of benzene rings is 1. The molecule has 3 aromatic heterocycles. The number of fused-ring (bicyclic) bond motifs is 3. The summed E-state index contributed by atoms with van der Waals surface area (Å²) in [6.07, 6.45) is 8.08. The fourth-order valence-electron chi connectivity index (χ4n) is 3.61. The molecule has 0 unspecified atom stereocenters. The van der Waals surface area contributed by atoms with Crippen LogP contribution in [0.1, 0.15) is 28.8 Å². The first-order valence-corrected chi connectivity index (χ1v) is 10.5. The van der Waals surface area contributed by atoms with Crippen molar-refractivity contribution >= 4 is 33.2 Å². The zero-order chi connectivity index (χ0) is 19.1. The lowest BCUT2D eigenvalue weighted by Gasteiger charge is -2.13. The van der Waals surface area contributed by atoms with Gasteiger partial charge in [-0.1, -0.05) is 17.7 Å². The summed E-state index contributed by atoms with van der Waals surface area (Å²) in [5.41, 5.74) is 3.29. The molecule has 28 heavy (non-hydrogen) atoms. The molecule has 0 bridgehead atoms. The molecule has 6 heteroatoms. The monoisotopic (exact) mass is 407 g/mol. The normalized spacial score (nSPS) is 13.5. The van der Waals surface area contributed by atoms with Crippen LogP contribution in [0.4, 0.5) is 0 Å². The van der Waals surface area contributed by atoms with Gasteiger partial charge in [0, 0.05) is 22.8 Å². The molecule has 1 aliphatic rings. The van der Waals surface area contributed by atoms with Gasteiger partial charge < -0.3 is 4.74 Å². The molecule has 0 saturated heterocycles. The molecule has 4 aromatic rings. The fraction of sp³-hybridized carbons (Fsp3) is 0.227. The minimum atomic E-state index is 0.574. The highest BCUT2D eigenvalue weighted by molar-refractivity contribution is 7.18. The molecule has 0 amide bonds. The van der Waals surface area contributed by atoms with Gasteiger partial charge in [0.1, 0.15) is 10.6 Å². The predicted octanol–water partition coefficient (Wildman–Crippen LogP) is 6.39. The third-order valence-corrected chi connectivity index (χ3v) is 6.49. The van der Waals surface area contributed by atoms with E-state index in [9.17, 15) is 0 Å². The second-order valence-corrected chi connectivity index (χ2v) is 8.51. The second-order valence-electron chi connectivity index (χ2n) is 7.02. The number of aryl methyl sites for hydroxylation is 3. The lowest BCUT2D eigenvalue weighted by Crippen LogP contribution is -2.00. The Morgan fingerprint density at radius 3 is 2.86 bits per heavy atom. The number of hydrogen-bond acceptors (Lipinski definition) is 5. The molecule has 0 aliphatic heterocycles. The average Bonchev–Trinajstić information content (AvgIpc) is 3.10. The van der Waals surface area contributed by atoms with E-state index in [4.69, 9.17) is 26.3 Å². The van der Waals surface area contributed by atoms with E-state index in [0.717, 1.165) is 34.2 Å². The van der Waals surface area contributed by atoms with Crippen molar-refractivity contribution < 1.29 is 4.74 Å². The number of nitrogens with zero attached hydrogens (tertiary/aromatic N) is 3. The molecule has 0 saturated carbocycles. The van der Waals surface area contributed by atoms with Crippen molar-refractivity contribution in [3.63, 3.8) is 0 Å². The van der Waals surface area contributed by atoms with E-state index in [1.807, 2.05) is 37.3 Å². The number of aromatic nitrogens is 3. The van der Waals surface area contributed by atoms with Crippen LogP contribution in [-0.2, 0) is 12.8 Å². The smallest absolute Gasteiger partial charge is 0.232 e. The molecule has 0 atom stereocenters. The van der Waals surface area contributed by atoms with E-state index in [-0.39, 0.29) is 0 Å². The van der Waals surface area contributed by atoms with Crippen molar-refractivity contribution in [3.05, 3.63) is 63.8 Å². The summed E-state index contributed by atoms with van der Waals surface area (Å²) in [5, 5.41) is 1.61. The molecule has 1 aromatic carbocycles. The van der Waals surface area contributed by atoms with E-state index >= 15 is 0 Å². The molecular weight excluding hydrogens is 390 g/mol. The van der Waals surface area contributed by atoms with Gasteiger partial charge in [-0.3, -0.25) is 4.98 Å². The van der Waals surface area contributed by atoms with Crippen LogP contribution in [0.25, 0.3) is 21.6 Å². The Kier molecular flexibility index (Phi) is 4.49. The number of thiophene rings is 1. The summed E-state index contributed by atoms with van der Waals surface area (Å²) in [6.45, 7) is 2.02. The number of hydrogen-bond donors (Lipinski definition) is 0. The van der Waals surface area contributed by atoms with Gasteiger partial charge in [0.15, 0.2) is 5.82 Å². The number of ether oxygens (including phenoxy) is 1. The number of pyridine rings is 1. The molecular formula is C22H18ClN3OS. The minimum Gasteiger partial charge on any atom is -0.437 e. The molecule has 3 heterocycles. The maximum Gasteiger partial charge on any atom is 0.232 e. The van der Waals surface area contributed by atoms with Gasteiger partial charge in [0.25, 0.3) is 0 Å². The molecule has 140 valence electrons. The largest absolute Gasteiger partial charge is 0.437 e. The van der Waals surface area contributed by atoms with E-state index in [2.05, 4.69) is 4.98 Å². The standard InChI is InChI=1S/C22H18ClN3OS/c1-13-8-9-16(23)17(11-13)27-21-19-15-6-2-3-7-18(15)28-22(19)26-20(25-21)14-5-4-10-24-12-14/h4-5,8-12H,2-3,6-7H2,1H3. The third-order valence-electron chi connectivity index (χ3n) is 4.99. The highest BCUT2D eigenvalue weighted by Gasteiger charge is 2.23. The Morgan fingerprint density at radius 2 is 2.00 bits per heavy atom. The quantitative estimate of drug-likeness (QED) is 0.395. The predicted molar refractivity (Wildman–Crippen MR) is 114 cm³/mol. The van der Waals surface area contributed by atoms with E-state index in [0.29, 0.717) is 22.5 Å². The van der Waals surface area contributed by atoms with Crippen molar-refractivity contribution in [2.75, 3.05) is 0 Å². The van der Waals surface area contributed by atoms with E-state index in [1.54, 1.807) is 23.7 Å². The topological polar surface area (TPSA) is 47.9 Å². The first-order chi connectivity index (χ1) is 13.7. The van der Waals surface area contributed by atoms with Crippen LogP contribution in [0.5, 0.6) is 11.6 Å². The molecule has 4 nitrogen and oxygen atoms in total. The van der Waals surface area contributed by atoms with Crippen LogP contribution < -0.4 is 4.74 Å². The van der Waals surface area contributed by atoms with E-state index < -0.39 is 0 Å². The van der Waals surface area contributed by atoms with Crippen molar-refractivity contribution in [2.24, 2.45) is 0 Å². The van der Waals surface area contributed by atoms with Gasteiger partial charge >= 0.3 is 0 Å². The Morgan fingerprint density at radius 1 is 1.11 bits per heavy atom. The maximum absolute atomic E-state index is 6.40. The van der Waals surface area contributed by atoms with Crippen LogP contribution in [-0.4, -0.2) is 15.0 Å². The minimum absolute atomic E-state index is 0.574. The molecule has 5 rings (SSSR count). The van der Waals surface area contributed by atoms with Crippen LogP contribution in [0.15, 0.2) is 42.7 Å². The van der Waals surface area contributed by atoms with Crippen molar-refractivity contribution in [3.8, 4) is 23.0 Å². The molecule has 0 fully saturated rings. The van der Waals surface area contributed by atoms with Crippen molar-refractivity contribution in [1.29, 1.82) is 0 Å². The summed E-state index contributed by atoms with van der Waals surface area (Å²) in [5.74, 6) is 1.82. The molecule has 0 N–H and O–H groups in total. The Labute approximate surface area is 172 Å². The summed E-state index contributed by atoms with van der Waals surface area (Å²) >= 11 is 8.15. The van der Waals surface area contributed by atoms with Crippen LogP contribution >= 0.6 is 22.9 Å². The average molecular weight is 408 g/mol. The van der Waals surface area contributed by atoms with Gasteiger partial charge in [0.05, 0.1) is 10.4 Å². The zero-order valence-electron chi connectivity index (χ0n) is 15.4. The molecule has 1 aliphatic carbocycles. The highest BCUT2D eigenvalue weighted by atomic mass is 35.5. The van der Waals surface area contributed by atoms with Gasteiger partial charge in [-0.05, 0) is 68.0 Å². The SMILES string of the molecule is Cc1ccc(Cl)c(Oc2nc(-c3cccnc3)nc3sc4c(c23)CCCC4)c1. The van der Waals surface area contributed by atoms with Crippen molar-refractivity contribution in [2.45, 2.75) is 32.6 Å². The van der Waals surface area contributed by atoms with Crippen LogP contribution in [0, 0.1) is 6.92 Å². The van der Waals surface area contributed by atoms with Gasteiger partial charge in [0.2, 0.25) is 5.88 Å². The first kappa shape index (κ1) is 17.6. The van der Waals surface area contributed by atoms with E-state index in [1.165, 1.54) is 23.3 Å². The van der Waals surface area contributed by atoms with Crippen LogP contribution in [0.2, 0.25) is 5.02 Å². The summed E-state index contributed by atoms with van der Waals surface area (Å²) in [6, 6.07) is 9.62. The zero-order valence-corrected chi connectivity index (χ0v) is 17.0. The molecule has 0 radical (unpaired) electrons. The lowest BCUT2D eigenvalue weighted by atomic mass is 9.97. The summed E-state index contributed by atoms with van der Waals surface area (Å²) < 4.78 is 6.29. The van der Waals surface area contributed by atoms with Gasteiger partial charge in [-0.2, -0.15) is 4.98 Å². The molecule has 0 spiro atoms. The summed E-state index contributed by atoms with van der Waals surface area (Å²) in [7, 11) is 0. The van der Waals surface area contributed by atoms with Gasteiger partial charge in [-0.15, -0.1) is 11.3 Å². The van der Waals surface area contributed by atoms with Gasteiger partial charge in [-0.25, -0.2) is 4.98 Å². The number of rotatable bonds is 3. The third kappa shape index (κ3) is 3.15. The van der Waals surface area contributed by atoms with Crippen molar-refractivity contribution in [1.82, 2.24) is 15.0 Å². The Balaban J connectivity index is 1.72. The maximum atomic E-state index is 6.40. The Hall–Kier alpha value is -2.50. The first-order valence-electron chi connectivity index (χ1n) is 9.36. The Bertz CT molecular complexity index is 1170. The highest BCUT2D eigenvalue weighted by Crippen LogP contribution is 2.42.